The summed E-state index contributed by atoms with van der Waals surface area (Å²) in [5.41, 5.74) is 0.664. The lowest BCUT2D eigenvalue weighted by Gasteiger charge is -2.14. The number of carbonyl (C=O) groups is 1. The molecular formula is C9H10N2O. The van der Waals surface area contributed by atoms with E-state index in [1.807, 2.05) is 18.2 Å². The molecule has 0 spiro atoms. The van der Waals surface area contributed by atoms with E-state index >= 15 is 0 Å². The Balaban J connectivity index is 2.50. The first kappa shape index (κ1) is 8.54. The summed E-state index contributed by atoms with van der Waals surface area (Å²) < 4.78 is 0. The van der Waals surface area contributed by atoms with Crippen LogP contribution in [0.1, 0.15) is 13.3 Å². The van der Waals surface area contributed by atoms with Gasteiger partial charge in [0.05, 0.1) is 12.1 Å². The van der Waals surface area contributed by atoms with Crippen LogP contribution in [-0.2, 0) is 4.79 Å². The van der Waals surface area contributed by atoms with Crippen LogP contribution in [0.4, 0.5) is 0 Å². The minimum atomic E-state index is -0.0431. The monoisotopic (exact) mass is 162 g/mol. The van der Waals surface area contributed by atoms with E-state index in [9.17, 15) is 4.79 Å². The fourth-order valence-electron chi connectivity index (χ4n) is 1.07. The van der Waals surface area contributed by atoms with Crippen molar-refractivity contribution < 1.29 is 4.79 Å². The predicted molar refractivity (Wildman–Crippen MR) is 45.1 cm³/mol. The molecule has 1 rings (SSSR count). The molecule has 1 atom stereocenters. The number of amides is 1. The molecule has 1 amide bonds. The van der Waals surface area contributed by atoms with Crippen LogP contribution >= 0.6 is 0 Å². The SMILES string of the molecule is CC(=O)NC1C=CC(C#N)=CC1. The minimum absolute atomic E-state index is 0.0431. The molecule has 0 saturated heterocycles. The number of allylic oxidation sites excluding steroid dienone is 2. The third-order valence-electron chi connectivity index (χ3n) is 1.62. The molecule has 0 aromatic carbocycles. The van der Waals surface area contributed by atoms with Crippen LogP contribution in [-0.4, -0.2) is 11.9 Å². The lowest BCUT2D eigenvalue weighted by atomic mass is 10.0. The van der Waals surface area contributed by atoms with Gasteiger partial charge in [-0.2, -0.15) is 5.26 Å². The van der Waals surface area contributed by atoms with Gasteiger partial charge in [0, 0.05) is 12.5 Å². The van der Waals surface area contributed by atoms with Gasteiger partial charge in [0.2, 0.25) is 5.91 Å². The summed E-state index contributed by atoms with van der Waals surface area (Å²) in [5, 5.41) is 11.2. The summed E-state index contributed by atoms with van der Waals surface area (Å²) in [4.78, 5) is 10.6. The molecule has 0 radical (unpaired) electrons. The Bertz CT molecular complexity index is 283. The average Bonchev–Trinajstić information content (AvgIpc) is 2.05. The van der Waals surface area contributed by atoms with E-state index in [0.717, 1.165) is 0 Å². The van der Waals surface area contributed by atoms with Crippen LogP contribution in [0.5, 0.6) is 0 Å². The maximum absolute atomic E-state index is 10.6. The largest absolute Gasteiger partial charge is 0.350 e. The molecule has 1 unspecified atom stereocenters. The third kappa shape index (κ3) is 2.24. The normalized spacial score (nSPS) is 21.0. The Hall–Kier alpha value is -1.56. The van der Waals surface area contributed by atoms with Gasteiger partial charge in [-0.15, -0.1) is 0 Å². The van der Waals surface area contributed by atoms with Crippen molar-refractivity contribution in [2.24, 2.45) is 0 Å². The lowest BCUT2D eigenvalue weighted by Crippen LogP contribution is -2.31. The van der Waals surface area contributed by atoms with E-state index in [0.29, 0.717) is 12.0 Å². The van der Waals surface area contributed by atoms with Crippen LogP contribution in [0.2, 0.25) is 0 Å². The molecule has 0 saturated carbocycles. The first-order chi connectivity index (χ1) is 5.72. The van der Waals surface area contributed by atoms with Gasteiger partial charge in [-0.1, -0.05) is 12.2 Å². The van der Waals surface area contributed by atoms with E-state index in [-0.39, 0.29) is 11.9 Å². The van der Waals surface area contributed by atoms with Crippen molar-refractivity contribution in [3.63, 3.8) is 0 Å². The molecule has 1 aliphatic rings. The third-order valence-corrected chi connectivity index (χ3v) is 1.62. The van der Waals surface area contributed by atoms with Crippen LogP contribution in [0, 0.1) is 11.3 Å². The molecular weight excluding hydrogens is 152 g/mol. The molecule has 0 fully saturated rings. The zero-order chi connectivity index (χ0) is 8.97. The van der Waals surface area contributed by atoms with Gasteiger partial charge in [0.15, 0.2) is 0 Å². The van der Waals surface area contributed by atoms with Gasteiger partial charge >= 0.3 is 0 Å². The molecule has 12 heavy (non-hydrogen) atoms. The Kier molecular flexibility index (Phi) is 2.65. The highest BCUT2D eigenvalue weighted by Gasteiger charge is 2.08. The van der Waals surface area contributed by atoms with Crippen LogP contribution in [0.25, 0.3) is 0 Å². The second-order valence-corrected chi connectivity index (χ2v) is 2.67. The van der Waals surface area contributed by atoms with Crippen LogP contribution in [0.15, 0.2) is 23.8 Å². The Morgan fingerprint density at radius 2 is 2.58 bits per heavy atom. The zero-order valence-electron chi connectivity index (χ0n) is 6.87. The van der Waals surface area contributed by atoms with Crippen molar-refractivity contribution in [1.29, 1.82) is 5.26 Å². The molecule has 0 aromatic heterocycles. The topological polar surface area (TPSA) is 52.9 Å². The quantitative estimate of drug-likeness (QED) is 0.622. The molecule has 62 valence electrons. The summed E-state index contributed by atoms with van der Waals surface area (Å²) in [5.74, 6) is -0.0431. The summed E-state index contributed by atoms with van der Waals surface area (Å²) in [6.07, 6.45) is 6.09. The van der Waals surface area contributed by atoms with Crippen molar-refractivity contribution in [1.82, 2.24) is 5.32 Å². The Morgan fingerprint density at radius 3 is 3.00 bits per heavy atom. The zero-order valence-corrected chi connectivity index (χ0v) is 6.87. The van der Waals surface area contributed by atoms with E-state index < -0.39 is 0 Å². The number of rotatable bonds is 1. The number of nitriles is 1. The van der Waals surface area contributed by atoms with E-state index in [1.54, 1.807) is 6.08 Å². The standard InChI is InChI=1S/C9H10N2O/c1-7(12)11-9-4-2-8(6-10)3-5-9/h2-4,9H,5H2,1H3,(H,11,12). The lowest BCUT2D eigenvalue weighted by molar-refractivity contribution is -0.119. The van der Waals surface area contributed by atoms with E-state index in [2.05, 4.69) is 5.32 Å². The first-order valence-electron chi connectivity index (χ1n) is 3.78. The van der Waals surface area contributed by atoms with Crippen molar-refractivity contribution in [2.45, 2.75) is 19.4 Å². The maximum Gasteiger partial charge on any atom is 0.217 e. The predicted octanol–water partition coefficient (Wildman–Crippen LogP) is 0.901. The van der Waals surface area contributed by atoms with Crippen LogP contribution < -0.4 is 5.32 Å². The highest BCUT2D eigenvalue weighted by Crippen LogP contribution is 2.09. The van der Waals surface area contributed by atoms with Crippen molar-refractivity contribution in [3.05, 3.63) is 23.8 Å². The molecule has 0 heterocycles. The van der Waals surface area contributed by atoms with Crippen molar-refractivity contribution in [2.75, 3.05) is 0 Å². The van der Waals surface area contributed by atoms with Gasteiger partial charge in [0.25, 0.3) is 0 Å². The van der Waals surface area contributed by atoms with Crippen LogP contribution in [0.3, 0.4) is 0 Å². The Labute approximate surface area is 71.4 Å². The molecule has 1 aliphatic carbocycles. The van der Waals surface area contributed by atoms with E-state index in [1.165, 1.54) is 6.92 Å². The molecule has 0 aliphatic heterocycles. The second kappa shape index (κ2) is 3.72. The van der Waals surface area contributed by atoms with Gasteiger partial charge in [-0.3, -0.25) is 4.79 Å². The van der Waals surface area contributed by atoms with Gasteiger partial charge in [-0.25, -0.2) is 0 Å². The van der Waals surface area contributed by atoms with Gasteiger partial charge in [-0.05, 0) is 12.5 Å². The number of nitrogens with one attached hydrogen (secondary N) is 1. The van der Waals surface area contributed by atoms with Gasteiger partial charge < -0.3 is 5.32 Å². The second-order valence-electron chi connectivity index (χ2n) is 2.67. The number of nitrogens with zero attached hydrogens (tertiary/aromatic N) is 1. The Morgan fingerprint density at radius 1 is 1.83 bits per heavy atom. The fourth-order valence-corrected chi connectivity index (χ4v) is 1.07. The number of hydrogen-bond donors (Lipinski definition) is 1. The summed E-state index contributed by atoms with van der Waals surface area (Å²) in [7, 11) is 0. The molecule has 0 aromatic rings. The summed E-state index contributed by atoms with van der Waals surface area (Å²) >= 11 is 0. The first-order valence-corrected chi connectivity index (χ1v) is 3.78. The number of carbonyl (C=O) groups excluding carboxylic acids is 1. The summed E-state index contributed by atoms with van der Waals surface area (Å²) in [6.45, 7) is 1.48. The number of hydrogen-bond acceptors (Lipinski definition) is 2. The minimum Gasteiger partial charge on any atom is -0.350 e. The molecule has 3 nitrogen and oxygen atoms in total. The highest BCUT2D eigenvalue weighted by atomic mass is 16.1. The van der Waals surface area contributed by atoms with Crippen molar-refractivity contribution in [3.8, 4) is 6.07 Å². The molecule has 3 heteroatoms. The fraction of sp³-hybridized carbons (Fsp3) is 0.333. The smallest absolute Gasteiger partial charge is 0.217 e. The molecule has 1 N–H and O–H groups in total. The van der Waals surface area contributed by atoms with Gasteiger partial charge in [0.1, 0.15) is 0 Å². The maximum atomic E-state index is 10.6. The summed E-state index contributed by atoms with van der Waals surface area (Å²) in [6, 6.07) is 2.09. The molecule has 0 bridgehead atoms. The van der Waals surface area contributed by atoms with E-state index in [4.69, 9.17) is 5.26 Å². The van der Waals surface area contributed by atoms with Crippen molar-refractivity contribution >= 4 is 5.91 Å². The highest BCUT2D eigenvalue weighted by molar-refractivity contribution is 5.73. The average molecular weight is 162 g/mol.